The number of amides is 2. The summed E-state index contributed by atoms with van der Waals surface area (Å²) in [7, 11) is 1.99. The van der Waals surface area contributed by atoms with E-state index in [1.165, 1.54) is 4.90 Å². The van der Waals surface area contributed by atoms with Gasteiger partial charge in [-0.05, 0) is 63.7 Å². The van der Waals surface area contributed by atoms with Crippen molar-refractivity contribution in [1.82, 2.24) is 25.1 Å². The third-order valence-electron chi connectivity index (χ3n) is 8.21. The Kier molecular flexibility index (Phi) is 9.56. The number of benzene rings is 1. The third-order valence-corrected chi connectivity index (χ3v) is 8.21. The van der Waals surface area contributed by atoms with Crippen molar-refractivity contribution in [3.63, 3.8) is 0 Å². The second-order valence-electron chi connectivity index (χ2n) is 11.3. The Morgan fingerprint density at radius 1 is 1.09 bits per heavy atom. The summed E-state index contributed by atoms with van der Waals surface area (Å²) in [6.45, 7) is 6.03. The molecule has 45 heavy (non-hydrogen) atoms. The summed E-state index contributed by atoms with van der Waals surface area (Å²) in [4.78, 5) is 41.7. The number of nitrogens with zero attached hydrogens (tertiary/aromatic N) is 5. The highest BCUT2D eigenvalue weighted by Gasteiger charge is 2.39. The molecule has 0 bridgehead atoms. The van der Waals surface area contributed by atoms with E-state index in [2.05, 4.69) is 15.2 Å². The summed E-state index contributed by atoms with van der Waals surface area (Å²) in [5.41, 5.74) is -0.0924. The van der Waals surface area contributed by atoms with E-state index in [4.69, 9.17) is 9.72 Å². The molecule has 4 heterocycles. The van der Waals surface area contributed by atoms with Crippen molar-refractivity contribution < 1.29 is 31.9 Å². The van der Waals surface area contributed by atoms with E-state index in [-0.39, 0.29) is 43.3 Å². The Labute approximate surface area is 259 Å². The molecule has 13 heteroatoms. The molecule has 0 radical (unpaired) electrons. The topological polar surface area (TPSA) is 90.9 Å². The summed E-state index contributed by atoms with van der Waals surface area (Å²) in [6.07, 6.45) is -0.304. The van der Waals surface area contributed by atoms with Crippen molar-refractivity contribution in [3.8, 4) is 17.0 Å². The van der Waals surface area contributed by atoms with E-state index in [1.54, 1.807) is 24.5 Å². The minimum absolute atomic E-state index is 0.0551. The molecule has 2 aliphatic heterocycles. The average molecular weight is 629 g/mol. The molecule has 0 spiro atoms. The zero-order valence-electron chi connectivity index (χ0n) is 25.4. The maximum absolute atomic E-state index is 13.9. The molecule has 1 N–H and O–H groups in total. The van der Waals surface area contributed by atoms with Gasteiger partial charge in [0, 0.05) is 62.3 Å². The molecule has 2 saturated heterocycles. The standard InChI is InChI=1S/C32H36F4N6O3/c1-4-23-19-41(31(44)24-9-8-21(33)15-25(24)32(34,35)36)13-14-42(23)26-16-27(45-5-2)28(20-7-6-11-37-17-20)39-29(26)30(43)38-22-10-12-40(3)18-22/h6-9,11,15-17,22-23H,4-5,10,12-14,18-19H2,1-3H3,(H,38,43)/t22-,23-/m1/s1. The summed E-state index contributed by atoms with van der Waals surface area (Å²) >= 11 is 0. The van der Waals surface area contributed by atoms with Crippen LogP contribution in [0.4, 0.5) is 23.2 Å². The Morgan fingerprint density at radius 2 is 1.89 bits per heavy atom. The van der Waals surface area contributed by atoms with E-state index in [1.807, 2.05) is 31.9 Å². The van der Waals surface area contributed by atoms with Crippen molar-refractivity contribution >= 4 is 17.5 Å². The fraction of sp³-hybridized carbons (Fsp3) is 0.438. The van der Waals surface area contributed by atoms with Gasteiger partial charge in [0.15, 0.2) is 5.69 Å². The van der Waals surface area contributed by atoms with Gasteiger partial charge < -0.3 is 24.8 Å². The molecule has 2 fully saturated rings. The normalized spacial score (nSPS) is 19.1. The van der Waals surface area contributed by atoms with Gasteiger partial charge in [-0.25, -0.2) is 9.37 Å². The van der Waals surface area contributed by atoms with Gasteiger partial charge in [-0.3, -0.25) is 14.6 Å². The van der Waals surface area contributed by atoms with Gasteiger partial charge >= 0.3 is 6.18 Å². The van der Waals surface area contributed by atoms with Crippen molar-refractivity contribution in [2.45, 2.75) is 44.9 Å². The van der Waals surface area contributed by atoms with E-state index in [0.717, 1.165) is 25.1 Å². The quantitative estimate of drug-likeness (QED) is 0.356. The average Bonchev–Trinajstić information content (AvgIpc) is 3.44. The third kappa shape index (κ3) is 7.03. The van der Waals surface area contributed by atoms with Crippen LogP contribution >= 0.6 is 0 Å². The largest absolute Gasteiger partial charge is 0.492 e. The second kappa shape index (κ2) is 13.4. The molecule has 0 unspecified atom stereocenters. The maximum atomic E-state index is 13.9. The number of anilines is 1. The Bertz CT molecular complexity index is 1540. The zero-order chi connectivity index (χ0) is 32.3. The van der Waals surface area contributed by atoms with E-state index in [0.29, 0.717) is 48.3 Å². The van der Waals surface area contributed by atoms with Crippen LogP contribution in [0.15, 0.2) is 48.8 Å². The molecule has 0 saturated carbocycles. The van der Waals surface area contributed by atoms with Crippen molar-refractivity contribution in [2.24, 2.45) is 0 Å². The first-order valence-electron chi connectivity index (χ1n) is 15.0. The molecule has 2 atom stereocenters. The van der Waals surface area contributed by atoms with Gasteiger partial charge in [-0.2, -0.15) is 13.2 Å². The predicted molar refractivity (Wildman–Crippen MR) is 161 cm³/mol. The van der Waals surface area contributed by atoms with Gasteiger partial charge in [-0.15, -0.1) is 0 Å². The lowest BCUT2D eigenvalue weighted by molar-refractivity contribution is -0.138. The number of piperazine rings is 1. The van der Waals surface area contributed by atoms with Crippen LogP contribution in [0.2, 0.25) is 0 Å². The molecular weight excluding hydrogens is 592 g/mol. The van der Waals surface area contributed by atoms with Crippen LogP contribution in [-0.2, 0) is 6.18 Å². The highest BCUT2D eigenvalue weighted by Crippen LogP contribution is 2.37. The Morgan fingerprint density at radius 3 is 2.53 bits per heavy atom. The van der Waals surface area contributed by atoms with E-state index >= 15 is 0 Å². The number of carbonyl (C=O) groups excluding carboxylic acids is 2. The summed E-state index contributed by atoms with van der Waals surface area (Å²) in [5.74, 6) is -1.80. The molecule has 2 aliphatic rings. The molecular formula is C32H36F4N6O3. The smallest absolute Gasteiger partial charge is 0.417 e. The SMILES string of the molecule is CCOc1cc(N2CCN(C(=O)c3ccc(F)cc3C(F)(F)F)C[C@H]2CC)c(C(=O)N[C@@H]2CCN(C)C2)nc1-c1cccnc1. The number of ether oxygens (including phenoxy) is 1. The lowest BCUT2D eigenvalue weighted by Crippen LogP contribution is -2.55. The lowest BCUT2D eigenvalue weighted by atomic mass is 10.0. The fourth-order valence-corrected chi connectivity index (χ4v) is 5.97. The minimum Gasteiger partial charge on any atom is -0.492 e. The molecule has 0 aliphatic carbocycles. The summed E-state index contributed by atoms with van der Waals surface area (Å²) in [5, 5.41) is 3.11. The number of hydrogen-bond donors (Lipinski definition) is 1. The molecule has 240 valence electrons. The first-order valence-corrected chi connectivity index (χ1v) is 15.0. The van der Waals surface area contributed by atoms with Crippen LogP contribution in [0.3, 0.4) is 0 Å². The fourth-order valence-electron chi connectivity index (χ4n) is 5.97. The number of alkyl halides is 3. The van der Waals surface area contributed by atoms with E-state index < -0.39 is 29.0 Å². The van der Waals surface area contributed by atoms with Gasteiger partial charge in [0.05, 0.1) is 23.4 Å². The van der Waals surface area contributed by atoms with Crippen molar-refractivity contribution in [1.29, 1.82) is 0 Å². The molecule has 2 amide bonds. The zero-order valence-corrected chi connectivity index (χ0v) is 25.4. The molecule has 3 aromatic rings. The van der Waals surface area contributed by atoms with Gasteiger partial charge in [0.1, 0.15) is 17.3 Å². The number of likely N-dealkylation sites (tertiary alicyclic amines) is 1. The first kappa shape index (κ1) is 32.1. The number of hydrogen-bond acceptors (Lipinski definition) is 7. The van der Waals surface area contributed by atoms with Crippen molar-refractivity contribution in [2.75, 3.05) is 51.3 Å². The summed E-state index contributed by atoms with van der Waals surface area (Å²) in [6, 6.07) is 7.04. The van der Waals surface area contributed by atoms with Crippen LogP contribution in [-0.4, -0.2) is 90.0 Å². The predicted octanol–water partition coefficient (Wildman–Crippen LogP) is 4.88. The van der Waals surface area contributed by atoms with Crippen LogP contribution in [0.5, 0.6) is 5.75 Å². The van der Waals surface area contributed by atoms with Crippen molar-refractivity contribution in [3.05, 3.63) is 71.4 Å². The summed E-state index contributed by atoms with van der Waals surface area (Å²) < 4.78 is 60.9. The van der Waals surface area contributed by atoms with Crippen LogP contribution < -0.4 is 15.0 Å². The number of halogens is 4. The molecule has 1 aromatic carbocycles. The number of nitrogens with one attached hydrogen (secondary N) is 1. The Hall–Kier alpha value is -4.26. The van der Waals surface area contributed by atoms with Crippen LogP contribution in [0.1, 0.15) is 53.1 Å². The molecule has 9 nitrogen and oxygen atoms in total. The second-order valence-corrected chi connectivity index (χ2v) is 11.3. The van der Waals surface area contributed by atoms with E-state index in [9.17, 15) is 27.2 Å². The number of likely N-dealkylation sites (N-methyl/N-ethyl adjacent to an activating group) is 1. The number of pyridine rings is 2. The monoisotopic (exact) mass is 628 g/mol. The lowest BCUT2D eigenvalue weighted by Gasteiger charge is -2.43. The molecule has 5 rings (SSSR count). The maximum Gasteiger partial charge on any atom is 0.417 e. The van der Waals surface area contributed by atoms with Crippen LogP contribution in [0, 0.1) is 5.82 Å². The highest BCUT2D eigenvalue weighted by atomic mass is 19.4. The number of aromatic nitrogens is 2. The Balaban J connectivity index is 1.51. The molecule has 2 aromatic heterocycles. The van der Waals surface area contributed by atoms with Gasteiger partial charge in [-0.1, -0.05) is 6.92 Å². The van der Waals surface area contributed by atoms with Crippen LogP contribution in [0.25, 0.3) is 11.3 Å². The van der Waals surface area contributed by atoms with Gasteiger partial charge in [0.2, 0.25) is 0 Å². The van der Waals surface area contributed by atoms with Gasteiger partial charge in [0.25, 0.3) is 11.8 Å². The highest BCUT2D eigenvalue weighted by molar-refractivity contribution is 6.00. The minimum atomic E-state index is -4.90. The number of carbonyl (C=O) groups is 2. The first-order chi connectivity index (χ1) is 21.5. The number of rotatable bonds is 8.